The van der Waals surface area contributed by atoms with Gasteiger partial charge in [-0.2, -0.15) is 5.26 Å². The highest BCUT2D eigenvalue weighted by atomic mass is 32.2. The van der Waals surface area contributed by atoms with Crippen molar-refractivity contribution in [1.29, 1.82) is 5.26 Å². The molecule has 112 valence electrons. The van der Waals surface area contributed by atoms with Gasteiger partial charge in [-0.1, -0.05) is 24.3 Å². The Hall–Kier alpha value is -2.13. The highest BCUT2D eigenvalue weighted by Gasteiger charge is 2.23. The van der Waals surface area contributed by atoms with Crippen LogP contribution in [0.3, 0.4) is 0 Å². The lowest BCUT2D eigenvalue weighted by Gasteiger charge is -2.11. The lowest BCUT2D eigenvalue weighted by atomic mass is 10.0. The minimum absolute atomic E-state index is 0.0335. The van der Waals surface area contributed by atoms with Crippen molar-refractivity contribution in [3.63, 3.8) is 0 Å². The quantitative estimate of drug-likeness (QED) is 0.593. The van der Waals surface area contributed by atoms with E-state index in [4.69, 9.17) is 5.26 Å². The third-order valence-corrected chi connectivity index (χ3v) is 4.78. The summed E-state index contributed by atoms with van der Waals surface area (Å²) < 4.78 is 29.0. The first-order valence-electron chi connectivity index (χ1n) is 6.25. The number of esters is 1. The van der Waals surface area contributed by atoms with Gasteiger partial charge in [-0.3, -0.25) is 0 Å². The number of hydrogen-bond donors (Lipinski definition) is 0. The van der Waals surface area contributed by atoms with Crippen molar-refractivity contribution < 1.29 is 17.9 Å². The second-order valence-corrected chi connectivity index (χ2v) is 6.75. The smallest absolute Gasteiger partial charge is 0.333 e. The molecule has 0 radical (unpaired) electrons. The number of benzene rings is 1. The summed E-state index contributed by atoms with van der Waals surface area (Å²) in [5.74, 6) is -1.84. The molecule has 0 aliphatic carbocycles. The van der Waals surface area contributed by atoms with Crippen LogP contribution in [0, 0.1) is 24.2 Å². The van der Waals surface area contributed by atoms with Gasteiger partial charge in [0.25, 0.3) is 0 Å². The summed E-state index contributed by atoms with van der Waals surface area (Å²) in [6.07, 6.45) is -0.0335. The highest BCUT2D eigenvalue weighted by molar-refractivity contribution is 7.91. The monoisotopic (exact) mass is 307 g/mol. The Bertz CT molecular complexity index is 669. The summed E-state index contributed by atoms with van der Waals surface area (Å²) in [7, 11) is -2.38. The Balaban J connectivity index is 2.86. The molecule has 0 bridgehead atoms. The van der Waals surface area contributed by atoms with Crippen LogP contribution in [-0.2, 0) is 19.4 Å². The van der Waals surface area contributed by atoms with Gasteiger partial charge in [0.1, 0.15) is 0 Å². The number of methoxy groups -OCH3 is 1. The van der Waals surface area contributed by atoms with E-state index in [0.29, 0.717) is 0 Å². The van der Waals surface area contributed by atoms with Gasteiger partial charge >= 0.3 is 5.97 Å². The summed E-state index contributed by atoms with van der Waals surface area (Å²) in [5, 5.41) is 9.08. The maximum atomic E-state index is 12.2. The number of nitrogens with zero attached hydrogens (tertiary/aromatic N) is 1. The van der Waals surface area contributed by atoms with Crippen molar-refractivity contribution in [2.24, 2.45) is 5.92 Å². The SMILES string of the molecule is C=C(CC(C#N)CS(=O)(=O)c1ccc(C)cc1)C(=O)OC. The summed E-state index contributed by atoms with van der Waals surface area (Å²) in [6, 6.07) is 8.31. The predicted molar refractivity (Wildman–Crippen MR) is 78.1 cm³/mol. The van der Waals surface area contributed by atoms with E-state index in [9.17, 15) is 13.2 Å². The van der Waals surface area contributed by atoms with E-state index in [1.807, 2.05) is 13.0 Å². The summed E-state index contributed by atoms with van der Waals surface area (Å²) in [4.78, 5) is 11.4. The standard InChI is InChI=1S/C15H17NO4S/c1-11-4-6-14(7-5-11)21(18,19)10-13(9-16)8-12(2)15(17)20-3/h4-7,13H,2,8,10H2,1,3H3. The maximum Gasteiger partial charge on any atom is 0.333 e. The minimum Gasteiger partial charge on any atom is -0.466 e. The van der Waals surface area contributed by atoms with E-state index in [-0.39, 0.29) is 22.6 Å². The zero-order valence-corrected chi connectivity index (χ0v) is 12.8. The van der Waals surface area contributed by atoms with Crippen LogP contribution in [0.4, 0.5) is 0 Å². The van der Waals surface area contributed by atoms with Gasteiger partial charge in [0.2, 0.25) is 0 Å². The molecule has 1 rings (SSSR count). The average Bonchev–Trinajstić information content (AvgIpc) is 2.45. The Kier molecular flexibility index (Phi) is 5.68. The first-order chi connectivity index (χ1) is 9.80. The fourth-order valence-corrected chi connectivity index (χ4v) is 3.24. The zero-order chi connectivity index (χ0) is 16.0. The Morgan fingerprint density at radius 2 is 1.95 bits per heavy atom. The molecule has 0 aliphatic rings. The molecule has 0 heterocycles. The lowest BCUT2D eigenvalue weighted by Crippen LogP contribution is -2.18. The molecule has 0 aliphatic heterocycles. The maximum absolute atomic E-state index is 12.2. The topological polar surface area (TPSA) is 84.2 Å². The first-order valence-corrected chi connectivity index (χ1v) is 7.90. The van der Waals surface area contributed by atoms with Gasteiger partial charge in [0.05, 0.1) is 29.7 Å². The number of sulfone groups is 1. The number of aryl methyl sites for hydroxylation is 1. The molecule has 0 saturated carbocycles. The van der Waals surface area contributed by atoms with Crippen molar-refractivity contribution in [1.82, 2.24) is 0 Å². The fourth-order valence-electron chi connectivity index (χ4n) is 1.77. The van der Waals surface area contributed by atoms with Gasteiger partial charge in [-0.15, -0.1) is 0 Å². The van der Waals surface area contributed by atoms with Crippen LogP contribution in [0.25, 0.3) is 0 Å². The van der Waals surface area contributed by atoms with Crippen molar-refractivity contribution in [3.8, 4) is 6.07 Å². The van der Waals surface area contributed by atoms with Crippen LogP contribution in [0.15, 0.2) is 41.3 Å². The number of nitriles is 1. The number of rotatable bonds is 6. The summed E-state index contributed by atoms with van der Waals surface area (Å²) >= 11 is 0. The Labute approximate surface area is 124 Å². The molecule has 0 amide bonds. The molecule has 1 atom stereocenters. The molecule has 0 aromatic heterocycles. The molecule has 0 saturated heterocycles. The number of hydrogen-bond acceptors (Lipinski definition) is 5. The van der Waals surface area contributed by atoms with Crippen LogP contribution >= 0.6 is 0 Å². The molecule has 0 fully saturated rings. The molecular formula is C15H17NO4S. The third-order valence-electron chi connectivity index (χ3n) is 2.95. The average molecular weight is 307 g/mol. The molecule has 1 aromatic carbocycles. The van der Waals surface area contributed by atoms with Crippen LogP contribution < -0.4 is 0 Å². The molecule has 1 unspecified atom stereocenters. The number of carbonyl (C=O) groups excluding carboxylic acids is 1. The van der Waals surface area contributed by atoms with Crippen molar-refractivity contribution in [3.05, 3.63) is 42.0 Å². The molecule has 21 heavy (non-hydrogen) atoms. The normalized spacial score (nSPS) is 12.2. The largest absolute Gasteiger partial charge is 0.466 e. The fraction of sp³-hybridized carbons (Fsp3) is 0.333. The lowest BCUT2D eigenvalue weighted by molar-refractivity contribution is -0.136. The Morgan fingerprint density at radius 1 is 1.38 bits per heavy atom. The van der Waals surface area contributed by atoms with Crippen LogP contribution in [-0.4, -0.2) is 27.2 Å². The molecular weight excluding hydrogens is 290 g/mol. The highest BCUT2D eigenvalue weighted by Crippen LogP contribution is 2.19. The molecule has 5 nitrogen and oxygen atoms in total. The van der Waals surface area contributed by atoms with Gasteiger partial charge in [0.15, 0.2) is 9.84 Å². The molecule has 0 N–H and O–H groups in total. The molecule has 6 heteroatoms. The molecule has 1 aromatic rings. The van der Waals surface area contributed by atoms with Crippen molar-refractivity contribution >= 4 is 15.8 Å². The van der Waals surface area contributed by atoms with E-state index in [1.54, 1.807) is 12.1 Å². The number of carbonyl (C=O) groups is 1. The number of ether oxygens (including phenoxy) is 1. The van der Waals surface area contributed by atoms with Crippen LogP contribution in [0.2, 0.25) is 0 Å². The summed E-state index contributed by atoms with van der Waals surface area (Å²) in [6.45, 7) is 5.36. The second-order valence-electron chi connectivity index (χ2n) is 4.72. The Morgan fingerprint density at radius 3 is 2.43 bits per heavy atom. The minimum atomic E-state index is -3.58. The van der Waals surface area contributed by atoms with Gasteiger partial charge < -0.3 is 4.74 Å². The molecule has 0 spiro atoms. The summed E-state index contributed by atoms with van der Waals surface area (Å²) in [5.41, 5.74) is 1.04. The van der Waals surface area contributed by atoms with E-state index in [0.717, 1.165) is 5.56 Å². The van der Waals surface area contributed by atoms with E-state index in [1.165, 1.54) is 19.2 Å². The van der Waals surface area contributed by atoms with Crippen molar-refractivity contribution in [2.75, 3.05) is 12.9 Å². The zero-order valence-electron chi connectivity index (χ0n) is 12.0. The van der Waals surface area contributed by atoms with Crippen LogP contribution in [0.1, 0.15) is 12.0 Å². The van der Waals surface area contributed by atoms with E-state index >= 15 is 0 Å². The third kappa shape index (κ3) is 4.72. The van der Waals surface area contributed by atoms with Crippen molar-refractivity contribution in [2.45, 2.75) is 18.2 Å². The van der Waals surface area contributed by atoms with E-state index < -0.39 is 21.7 Å². The van der Waals surface area contributed by atoms with Crippen LogP contribution in [0.5, 0.6) is 0 Å². The first kappa shape index (κ1) is 16.9. The van der Waals surface area contributed by atoms with Gasteiger partial charge in [-0.25, -0.2) is 13.2 Å². The van der Waals surface area contributed by atoms with Gasteiger partial charge in [0, 0.05) is 5.57 Å². The van der Waals surface area contributed by atoms with E-state index in [2.05, 4.69) is 11.3 Å². The van der Waals surface area contributed by atoms with Gasteiger partial charge in [-0.05, 0) is 25.5 Å². The predicted octanol–water partition coefficient (Wildman–Crippen LogP) is 2.03. The second kappa shape index (κ2) is 7.04.